The Morgan fingerprint density at radius 3 is 2.80 bits per heavy atom. The second kappa shape index (κ2) is 6.11. The number of aromatic carboxylic acids is 1. The highest BCUT2D eigenvalue weighted by Crippen LogP contribution is 2.32. The highest BCUT2D eigenvalue weighted by atomic mass is 16.4. The first kappa shape index (κ1) is 14.6. The third kappa shape index (κ3) is 3.21. The zero-order valence-corrected chi connectivity index (χ0v) is 12.1. The lowest BCUT2D eigenvalue weighted by Gasteiger charge is -2.35. The van der Waals surface area contributed by atoms with E-state index < -0.39 is 5.97 Å². The molecule has 2 unspecified atom stereocenters. The summed E-state index contributed by atoms with van der Waals surface area (Å²) in [6.07, 6.45) is 6.23. The highest BCUT2D eigenvalue weighted by Gasteiger charge is 2.27. The summed E-state index contributed by atoms with van der Waals surface area (Å²) in [6.45, 7) is 4.48. The zero-order chi connectivity index (χ0) is 14.7. The molecule has 2 rings (SSSR count). The first-order valence-electron chi connectivity index (χ1n) is 7.24. The Morgan fingerprint density at radius 2 is 2.15 bits per heavy atom. The summed E-state index contributed by atoms with van der Waals surface area (Å²) >= 11 is 0. The third-order valence-electron chi connectivity index (χ3n) is 4.17. The molecular weight excluding hydrogens is 254 g/mol. The molecule has 1 fully saturated rings. The number of aromatic nitrogens is 1. The fourth-order valence-corrected chi connectivity index (χ4v) is 3.06. The molecule has 1 heterocycles. The minimum Gasteiger partial charge on any atom is -0.478 e. The molecule has 0 aliphatic heterocycles. The summed E-state index contributed by atoms with van der Waals surface area (Å²) in [7, 11) is 0. The number of carboxylic acids is 1. The molecule has 5 nitrogen and oxygen atoms in total. The topological polar surface area (TPSA) is 88.2 Å². The molecule has 2 atom stereocenters. The van der Waals surface area contributed by atoms with Gasteiger partial charge >= 0.3 is 5.97 Å². The molecule has 1 aromatic rings. The molecule has 1 aliphatic rings. The number of hydrogen-bond donors (Lipinski definition) is 3. The van der Waals surface area contributed by atoms with Crippen LogP contribution in [0.1, 0.15) is 49.9 Å². The number of carboxylic acid groups (broad SMARTS) is 1. The van der Waals surface area contributed by atoms with Crippen LogP contribution in [0.5, 0.6) is 0 Å². The molecule has 0 bridgehead atoms. The third-order valence-corrected chi connectivity index (χ3v) is 4.17. The summed E-state index contributed by atoms with van der Waals surface area (Å²) in [5.74, 6) is 0.808. The van der Waals surface area contributed by atoms with Crippen molar-refractivity contribution in [2.75, 3.05) is 11.1 Å². The second-order valence-electron chi connectivity index (χ2n) is 5.91. The van der Waals surface area contributed by atoms with Gasteiger partial charge in [0.15, 0.2) is 0 Å². The minimum atomic E-state index is -1.02. The fourth-order valence-electron chi connectivity index (χ4n) is 3.06. The summed E-state index contributed by atoms with van der Waals surface area (Å²) in [5.41, 5.74) is 5.94. The lowest BCUT2D eigenvalue weighted by molar-refractivity contribution is 0.0698. The van der Waals surface area contributed by atoms with Crippen LogP contribution in [-0.4, -0.2) is 22.1 Å². The second-order valence-corrected chi connectivity index (χ2v) is 5.91. The van der Waals surface area contributed by atoms with E-state index in [2.05, 4.69) is 24.1 Å². The molecule has 5 heteroatoms. The van der Waals surface area contributed by atoms with Crippen molar-refractivity contribution in [3.63, 3.8) is 0 Å². The number of nitrogens with one attached hydrogen (secondary N) is 1. The largest absolute Gasteiger partial charge is 0.478 e. The maximum Gasteiger partial charge on any atom is 0.337 e. The number of nitrogens with two attached hydrogens (primary N) is 1. The predicted octanol–water partition coefficient (Wildman–Crippen LogP) is 2.99. The van der Waals surface area contributed by atoms with Gasteiger partial charge in [-0.1, -0.05) is 26.7 Å². The van der Waals surface area contributed by atoms with Crippen LogP contribution in [0.2, 0.25) is 0 Å². The zero-order valence-electron chi connectivity index (χ0n) is 12.1. The van der Waals surface area contributed by atoms with E-state index in [9.17, 15) is 4.79 Å². The molecule has 0 aromatic carbocycles. The van der Waals surface area contributed by atoms with Gasteiger partial charge in [-0.25, -0.2) is 9.78 Å². The summed E-state index contributed by atoms with van der Waals surface area (Å²) < 4.78 is 0. The molecule has 1 aromatic heterocycles. The maximum absolute atomic E-state index is 11.1. The van der Waals surface area contributed by atoms with Gasteiger partial charge in [0.25, 0.3) is 0 Å². The number of hydrogen-bond acceptors (Lipinski definition) is 4. The van der Waals surface area contributed by atoms with Gasteiger partial charge in [0.2, 0.25) is 0 Å². The number of anilines is 2. The van der Waals surface area contributed by atoms with Crippen LogP contribution in [0.4, 0.5) is 11.5 Å². The number of carbonyl (C=O) groups is 1. The SMILES string of the molecule is CC(C)C1CCCCC1Nc1cc(C(=O)O)c(N)cn1. The van der Waals surface area contributed by atoms with Gasteiger partial charge in [0.05, 0.1) is 17.4 Å². The number of nitrogens with zero attached hydrogens (tertiary/aromatic N) is 1. The lowest BCUT2D eigenvalue weighted by Crippen LogP contribution is -2.35. The van der Waals surface area contributed by atoms with Crippen LogP contribution in [0.25, 0.3) is 0 Å². The van der Waals surface area contributed by atoms with E-state index in [-0.39, 0.29) is 11.3 Å². The van der Waals surface area contributed by atoms with Gasteiger partial charge in [-0.3, -0.25) is 0 Å². The Balaban J connectivity index is 2.16. The van der Waals surface area contributed by atoms with Crippen LogP contribution >= 0.6 is 0 Å². The van der Waals surface area contributed by atoms with Crippen molar-refractivity contribution in [2.24, 2.45) is 11.8 Å². The highest BCUT2D eigenvalue weighted by molar-refractivity contribution is 5.94. The quantitative estimate of drug-likeness (QED) is 0.787. The first-order chi connectivity index (χ1) is 9.49. The molecule has 0 saturated heterocycles. The summed E-state index contributed by atoms with van der Waals surface area (Å²) in [4.78, 5) is 15.3. The van der Waals surface area contributed by atoms with E-state index in [1.807, 2.05) is 0 Å². The Hall–Kier alpha value is -1.78. The average molecular weight is 277 g/mol. The number of pyridine rings is 1. The van der Waals surface area contributed by atoms with Crippen molar-refractivity contribution in [1.82, 2.24) is 4.98 Å². The van der Waals surface area contributed by atoms with Crippen molar-refractivity contribution in [3.05, 3.63) is 17.8 Å². The monoisotopic (exact) mass is 277 g/mol. The van der Waals surface area contributed by atoms with Crippen molar-refractivity contribution in [2.45, 2.75) is 45.6 Å². The van der Waals surface area contributed by atoms with E-state index in [1.54, 1.807) is 0 Å². The van der Waals surface area contributed by atoms with Crippen LogP contribution in [0.3, 0.4) is 0 Å². The normalized spacial score (nSPS) is 22.8. The predicted molar refractivity (Wildman–Crippen MR) is 79.8 cm³/mol. The molecule has 0 spiro atoms. The maximum atomic E-state index is 11.1. The van der Waals surface area contributed by atoms with E-state index >= 15 is 0 Å². The van der Waals surface area contributed by atoms with Crippen molar-refractivity contribution >= 4 is 17.5 Å². The van der Waals surface area contributed by atoms with Crippen LogP contribution < -0.4 is 11.1 Å². The molecule has 4 N–H and O–H groups in total. The van der Waals surface area contributed by atoms with Crippen molar-refractivity contribution in [3.8, 4) is 0 Å². The first-order valence-corrected chi connectivity index (χ1v) is 7.24. The van der Waals surface area contributed by atoms with Gasteiger partial charge in [-0.15, -0.1) is 0 Å². The summed E-state index contributed by atoms with van der Waals surface area (Å²) in [6, 6.07) is 1.89. The van der Waals surface area contributed by atoms with Crippen LogP contribution in [-0.2, 0) is 0 Å². The molecule has 20 heavy (non-hydrogen) atoms. The van der Waals surface area contributed by atoms with Gasteiger partial charge in [0.1, 0.15) is 5.82 Å². The van der Waals surface area contributed by atoms with E-state index in [0.717, 1.165) is 6.42 Å². The smallest absolute Gasteiger partial charge is 0.337 e. The Labute approximate surface area is 119 Å². The standard InChI is InChI=1S/C15H23N3O2/c1-9(2)10-5-3-4-6-13(10)18-14-7-11(15(19)20)12(16)8-17-14/h7-10,13H,3-6,16H2,1-2H3,(H,17,18)(H,19,20). The molecule has 110 valence electrons. The summed E-state index contributed by atoms with van der Waals surface area (Å²) in [5, 5.41) is 12.5. The minimum absolute atomic E-state index is 0.111. The van der Waals surface area contributed by atoms with Crippen molar-refractivity contribution < 1.29 is 9.90 Å². The fraction of sp³-hybridized carbons (Fsp3) is 0.600. The lowest BCUT2D eigenvalue weighted by atomic mass is 9.78. The van der Waals surface area contributed by atoms with E-state index in [0.29, 0.717) is 23.7 Å². The van der Waals surface area contributed by atoms with Gasteiger partial charge < -0.3 is 16.2 Å². The van der Waals surface area contributed by atoms with Crippen LogP contribution in [0.15, 0.2) is 12.3 Å². The number of nitrogen functional groups attached to an aromatic ring is 1. The Bertz CT molecular complexity index is 488. The Kier molecular flexibility index (Phi) is 4.47. The van der Waals surface area contributed by atoms with Crippen LogP contribution in [0, 0.1) is 11.8 Å². The van der Waals surface area contributed by atoms with E-state index in [1.165, 1.54) is 31.5 Å². The van der Waals surface area contributed by atoms with Gasteiger partial charge in [-0.2, -0.15) is 0 Å². The average Bonchev–Trinajstić information content (AvgIpc) is 2.41. The van der Waals surface area contributed by atoms with Crippen molar-refractivity contribution in [1.29, 1.82) is 0 Å². The van der Waals surface area contributed by atoms with Gasteiger partial charge in [-0.05, 0) is 30.7 Å². The number of rotatable bonds is 4. The molecule has 1 aliphatic carbocycles. The molecule has 0 amide bonds. The molecule has 0 radical (unpaired) electrons. The Morgan fingerprint density at radius 1 is 1.45 bits per heavy atom. The van der Waals surface area contributed by atoms with Gasteiger partial charge in [0, 0.05) is 6.04 Å². The molecule has 1 saturated carbocycles. The van der Waals surface area contributed by atoms with E-state index in [4.69, 9.17) is 10.8 Å². The molecular formula is C15H23N3O2.